The molecular formula is C16H16F3N3O5S. The Morgan fingerprint density at radius 3 is 2.46 bits per heavy atom. The molecule has 0 aromatic heterocycles. The Hall–Kier alpha value is -2.67. The van der Waals surface area contributed by atoms with Gasteiger partial charge in [-0.1, -0.05) is 0 Å². The number of sulfonamides is 1. The molecule has 12 heteroatoms. The summed E-state index contributed by atoms with van der Waals surface area (Å²) in [5, 5.41) is 10.9. The van der Waals surface area contributed by atoms with Crippen LogP contribution in [0.3, 0.4) is 0 Å². The monoisotopic (exact) mass is 419 g/mol. The van der Waals surface area contributed by atoms with Gasteiger partial charge in [-0.2, -0.15) is 0 Å². The van der Waals surface area contributed by atoms with Gasteiger partial charge < -0.3 is 10.4 Å². The van der Waals surface area contributed by atoms with E-state index in [1.54, 1.807) is 0 Å². The summed E-state index contributed by atoms with van der Waals surface area (Å²) in [7, 11) is -2.77. The fraction of sp³-hybridized carbons (Fsp3) is 0.188. The second-order valence-electron chi connectivity index (χ2n) is 5.26. The smallest absolute Gasteiger partial charge is 0.277 e. The summed E-state index contributed by atoms with van der Waals surface area (Å²) in [4.78, 5) is 16.3. The number of aliphatic hydroxyl groups excluding tert-OH is 1. The zero-order valence-corrected chi connectivity index (χ0v) is 15.2. The van der Waals surface area contributed by atoms with Crippen molar-refractivity contribution in [2.45, 2.75) is 4.90 Å². The first-order valence-electron chi connectivity index (χ1n) is 7.72. The topological polar surface area (TPSA) is 117 Å². The predicted molar refractivity (Wildman–Crippen MR) is 92.8 cm³/mol. The van der Waals surface area contributed by atoms with Crippen molar-refractivity contribution in [3.05, 3.63) is 53.3 Å². The van der Waals surface area contributed by atoms with E-state index in [-0.39, 0.29) is 11.5 Å². The van der Waals surface area contributed by atoms with Crippen molar-refractivity contribution in [2.24, 2.45) is 0 Å². The molecule has 2 aromatic carbocycles. The number of hydrogen-bond acceptors (Lipinski definition) is 6. The quantitative estimate of drug-likeness (QED) is 0.380. The van der Waals surface area contributed by atoms with Crippen molar-refractivity contribution in [1.29, 1.82) is 0 Å². The number of hydroxylamine groups is 1. The van der Waals surface area contributed by atoms with Gasteiger partial charge in [-0.05, 0) is 37.4 Å². The largest absolute Gasteiger partial charge is 0.394 e. The van der Waals surface area contributed by atoms with E-state index in [1.807, 2.05) is 10.2 Å². The number of aliphatic hydroxyl groups is 1. The molecule has 0 bridgehead atoms. The van der Waals surface area contributed by atoms with Gasteiger partial charge in [-0.3, -0.25) is 9.63 Å². The number of nitrogens with one attached hydrogen (secondary N) is 3. The van der Waals surface area contributed by atoms with Gasteiger partial charge in [0.05, 0.1) is 35.0 Å². The molecule has 152 valence electrons. The van der Waals surface area contributed by atoms with Gasteiger partial charge in [0.1, 0.15) is 5.82 Å². The van der Waals surface area contributed by atoms with E-state index < -0.39 is 56.9 Å². The highest BCUT2D eigenvalue weighted by Gasteiger charge is 2.21. The summed E-state index contributed by atoms with van der Waals surface area (Å²) >= 11 is 0. The van der Waals surface area contributed by atoms with Crippen LogP contribution >= 0.6 is 0 Å². The van der Waals surface area contributed by atoms with Crippen LogP contribution in [-0.2, 0) is 14.9 Å². The maximum absolute atomic E-state index is 14.3. The summed E-state index contributed by atoms with van der Waals surface area (Å²) < 4.78 is 67.5. The normalized spacial score (nSPS) is 11.3. The number of halogens is 3. The lowest BCUT2D eigenvalue weighted by molar-refractivity contribution is 0.0168. The molecule has 2 aromatic rings. The van der Waals surface area contributed by atoms with Crippen molar-refractivity contribution < 1.29 is 36.3 Å². The molecule has 1 amide bonds. The highest BCUT2D eigenvalue weighted by molar-refractivity contribution is 7.89. The number of anilines is 2. The van der Waals surface area contributed by atoms with Gasteiger partial charge in [0.15, 0.2) is 11.6 Å². The molecule has 28 heavy (non-hydrogen) atoms. The highest BCUT2D eigenvalue weighted by Crippen LogP contribution is 2.29. The van der Waals surface area contributed by atoms with E-state index in [9.17, 15) is 26.4 Å². The van der Waals surface area contributed by atoms with Crippen molar-refractivity contribution in [1.82, 2.24) is 10.2 Å². The Labute approximate surface area is 158 Å². The average molecular weight is 419 g/mol. The summed E-state index contributed by atoms with van der Waals surface area (Å²) in [6.07, 6.45) is 0. The van der Waals surface area contributed by atoms with Crippen LogP contribution in [-0.4, -0.2) is 39.7 Å². The van der Waals surface area contributed by atoms with E-state index >= 15 is 0 Å². The minimum atomic E-state index is -3.91. The molecule has 2 rings (SSSR count). The zero-order chi connectivity index (χ0) is 20.9. The molecule has 0 atom stereocenters. The molecule has 0 saturated carbocycles. The SMILES string of the molecule is CNS(=O)(=O)c1ccc(Nc2c(C(=O)NOCCO)ccc(F)c2F)c(F)c1. The lowest BCUT2D eigenvalue weighted by Gasteiger charge is -2.14. The Morgan fingerprint density at radius 1 is 1.14 bits per heavy atom. The molecule has 0 unspecified atom stereocenters. The summed E-state index contributed by atoms with van der Waals surface area (Å²) in [5.74, 6) is -4.82. The fourth-order valence-corrected chi connectivity index (χ4v) is 2.84. The van der Waals surface area contributed by atoms with E-state index in [4.69, 9.17) is 5.11 Å². The van der Waals surface area contributed by atoms with Crippen LogP contribution in [0.4, 0.5) is 24.5 Å². The number of hydrogen-bond donors (Lipinski definition) is 4. The van der Waals surface area contributed by atoms with Crippen LogP contribution in [0, 0.1) is 17.5 Å². The lowest BCUT2D eigenvalue weighted by atomic mass is 10.1. The third-order valence-corrected chi connectivity index (χ3v) is 4.89. The van der Waals surface area contributed by atoms with E-state index in [1.165, 1.54) is 0 Å². The lowest BCUT2D eigenvalue weighted by Crippen LogP contribution is -2.26. The Balaban J connectivity index is 2.40. The van der Waals surface area contributed by atoms with Gasteiger partial charge >= 0.3 is 0 Å². The third-order valence-electron chi connectivity index (χ3n) is 3.48. The van der Waals surface area contributed by atoms with Crippen molar-refractivity contribution in [2.75, 3.05) is 25.6 Å². The van der Waals surface area contributed by atoms with E-state index in [2.05, 4.69) is 10.2 Å². The third kappa shape index (κ3) is 4.78. The van der Waals surface area contributed by atoms with Crippen molar-refractivity contribution in [3.63, 3.8) is 0 Å². The summed E-state index contributed by atoms with van der Waals surface area (Å²) in [5.41, 5.74) is 0.416. The highest BCUT2D eigenvalue weighted by atomic mass is 32.2. The Bertz CT molecular complexity index is 986. The Morgan fingerprint density at radius 2 is 1.86 bits per heavy atom. The first-order valence-corrected chi connectivity index (χ1v) is 9.20. The first kappa shape index (κ1) is 21.6. The first-order chi connectivity index (χ1) is 13.2. The van der Waals surface area contributed by atoms with Crippen LogP contribution in [0.5, 0.6) is 0 Å². The van der Waals surface area contributed by atoms with E-state index in [0.29, 0.717) is 12.1 Å². The molecule has 0 aliphatic carbocycles. The number of carbonyl (C=O) groups excluding carboxylic acids is 1. The number of carbonyl (C=O) groups is 1. The molecule has 0 heterocycles. The molecule has 0 fully saturated rings. The standard InChI is InChI=1S/C16H16F3N3O5S/c1-20-28(25,26)9-2-5-13(12(18)8-9)21-15-10(3-4-11(17)14(15)19)16(24)22-27-7-6-23/h2-5,8,20-21,23H,6-7H2,1H3,(H,22,24). The fourth-order valence-electron chi connectivity index (χ4n) is 2.10. The van der Waals surface area contributed by atoms with Crippen LogP contribution in [0.15, 0.2) is 35.2 Å². The van der Waals surface area contributed by atoms with Crippen molar-refractivity contribution >= 4 is 27.3 Å². The van der Waals surface area contributed by atoms with Crippen LogP contribution in [0.25, 0.3) is 0 Å². The Kier molecular flexibility index (Phi) is 6.96. The minimum absolute atomic E-state index is 0.242. The average Bonchev–Trinajstić information content (AvgIpc) is 2.66. The van der Waals surface area contributed by atoms with Crippen molar-refractivity contribution in [3.8, 4) is 0 Å². The molecule has 0 saturated heterocycles. The van der Waals surface area contributed by atoms with Gasteiger partial charge in [-0.25, -0.2) is 31.8 Å². The molecule has 0 aliphatic rings. The van der Waals surface area contributed by atoms with Gasteiger partial charge in [0.25, 0.3) is 5.91 Å². The molecule has 0 spiro atoms. The number of amides is 1. The van der Waals surface area contributed by atoms with Crippen LogP contribution in [0.1, 0.15) is 10.4 Å². The van der Waals surface area contributed by atoms with Gasteiger partial charge in [-0.15, -0.1) is 0 Å². The summed E-state index contributed by atoms with van der Waals surface area (Å²) in [6, 6.07) is 4.35. The predicted octanol–water partition coefficient (Wildman–Crippen LogP) is 1.41. The molecule has 8 nitrogen and oxygen atoms in total. The molecule has 0 aliphatic heterocycles. The second-order valence-corrected chi connectivity index (χ2v) is 7.15. The number of rotatable bonds is 8. The maximum Gasteiger partial charge on any atom is 0.277 e. The molecular weight excluding hydrogens is 403 g/mol. The van der Waals surface area contributed by atoms with Crippen LogP contribution < -0.4 is 15.5 Å². The maximum atomic E-state index is 14.3. The van der Waals surface area contributed by atoms with E-state index in [0.717, 1.165) is 25.2 Å². The molecule has 0 radical (unpaired) electrons. The minimum Gasteiger partial charge on any atom is -0.394 e. The zero-order valence-electron chi connectivity index (χ0n) is 14.4. The van der Waals surface area contributed by atoms with Gasteiger partial charge in [0.2, 0.25) is 10.0 Å². The molecule has 4 N–H and O–H groups in total. The number of benzene rings is 2. The summed E-state index contributed by atoms with van der Waals surface area (Å²) in [6.45, 7) is -0.634. The van der Waals surface area contributed by atoms with Crippen LogP contribution in [0.2, 0.25) is 0 Å². The van der Waals surface area contributed by atoms with Gasteiger partial charge in [0, 0.05) is 0 Å². The second kappa shape index (κ2) is 9.01.